The first kappa shape index (κ1) is 21.4. The molecule has 25 heavy (non-hydrogen) atoms. The van der Waals surface area contributed by atoms with Crippen LogP contribution >= 0.6 is 0 Å². The molecule has 12 heteroatoms. The van der Waals surface area contributed by atoms with Gasteiger partial charge < -0.3 is 19.7 Å². The fraction of sp³-hybridized carbons (Fsp3) is 0.769. The van der Waals surface area contributed by atoms with E-state index in [0.717, 1.165) is 25.9 Å². The zero-order valence-electron chi connectivity index (χ0n) is 13.6. The van der Waals surface area contributed by atoms with Crippen LogP contribution in [0, 0.1) is 0 Å². The van der Waals surface area contributed by atoms with Crippen molar-refractivity contribution in [2.45, 2.75) is 44.0 Å². The summed E-state index contributed by atoms with van der Waals surface area (Å²) in [4.78, 5) is 13.0. The van der Waals surface area contributed by atoms with E-state index in [1.54, 1.807) is 0 Å². The predicted molar refractivity (Wildman–Crippen MR) is 76.8 cm³/mol. The maximum Gasteiger partial charge on any atom is 0.430 e. The molecule has 2 rings (SSSR count). The van der Waals surface area contributed by atoms with Gasteiger partial charge in [-0.1, -0.05) is 12.1 Å². The van der Waals surface area contributed by atoms with Crippen molar-refractivity contribution in [3.05, 3.63) is 11.7 Å². The normalized spacial score (nSPS) is 16.2. The number of carbonyl (C=O) groups excluding carboxylic acids is 1. The first-order valence-corrected chi connectivity index (χ1v) is 9.50. The lowest BCUT2D eigenvalue weighted by Crippen LogP contribution is -2.86. The first-order chi connectivity index (χ1) is 11.5. The summed E-state index contributed by atoms with van der Waals surface area (Å²) in [5.74, 6) is -1.74. The van der Waals surface area contributed by atoms with Gasteiger partial charge in [-0.3, -0.25) is 0 Å². The number of quaternary nitrogens is 1. The fourth-order valence-electron chi connectivity index (χ4n) is 2.25. The number of carbonyl (C=O) groups is 1. The summed E-state index contributed by atoms with van der Waals surface area (Å²) in [6, 6.07) is 0. The Labute approximate surface area is 142 Å². The average Bonchev–Trinajstić information content (AvgIpc) is 2.95. The number of aliphatic carboxylic acids is 1. The van der Waals surface area contributed by atoms with Crippen LogP contribution in [0.4, 0.5) is 13.2 Å². The molecule has 0 amide bonds. The molecule has 0 aromatic carbocycles. The quantitative estimate of drug-likeness (QED) is 0.695. The Morgan fingerprint density at radius 3 is 2.40 bits per heavy atom. The number of sulfone groups is 1. The largest absolute Gasteiger partial charge is 0.542 e. The minimum atomic E-state index is -5.19. The Kier molecular flexibility index (Phi) is 7.80. The van der Waals surface area contributed by atoms with E-state index in [2.05, 4.69) is 15.5 Å². The van der Waals surface area contributed by atoms with E-state index < -0.39 is 22.0 Å². The molecule has 0 aliphatic carbocycles. The summed E-state index contributed by atoms with van der Waals surface area (Å²) in [7, 11) is -3.09. The maximum atomic E-state index is 11.7. The van der Waals surface area contributed by atoms with Gasteiger partial charge in [-0.15, -0.1) is 0 Å². The van der Waals surface area contributed by atoms with E-state index in [4.69, 9.17) is 14.4 Å². The van der Waals surface area contributed by atoms with Crippen molar-refractivity contribution < 1.29 is 41.3 Å². The Hall–Kier alpha value is -1.69. The van der Waals surface area contributed by atoms with Gasteiger partial charge >= 0.3 is 6.18 Å². The van der Waals surface area contributed by atoms with Crippen LogP contribution in [0.5, 0.6) is 0 Å². The van der Waals surface area contributed by atoms with Crippen molar-refractivity contribution in [3.63, 3.8) is 0 Å². The van der Waals surface area contributed by atoms with E-state index in [1.165, 1.54) is 0 Å². The zero-order valence-corrected chi connectivity index (χ0v) is 14.4. The number of nitrogens with two attached hydrogens (primary N) is 1. The van der Waals surface area contributed by atoms with Crippen molar-refractivity contribution in [2.24, 2.45) is 0 Å². The van der Waals surface area contributed by atoms with Crippen molar-refractivity contribution in [1.29, 1.82) is 0 Å². The first-order valence-electron chi connectivity index (χ1n) is 7.68. The highest BCUT2D eigenvalue weighted by atomic mass is 32.2. The van der Waals surface area contributed by atoms with Crippen LogP contribution in [-0.4, -0.2) is 49.5 Å². The van der Waals surface area contributed by atoms with E-state index in [9.17, 15) is 21.6 Å². The SMILES string of the molecule is CCCS(=O)(=O)Cc1noc(C2CC[NH2+]CC2)n1.O=C([O-])C(F)(F)F. The Morgan fingerprint density at radius 2 is 1.92 bits per heavy atom. The molecule has 1 aliphatic heterocycles. The molecular formula is C13H20F3N3O5S. The lowest BCUT2D eigenvalue weighted by Gasteiger charge is -2.15. The number of carboxylic acids is 1. The van der Waals surface area contributed by atoms with Gasteiger partial charge in [-0.25, -0.2) is 8.42 Å². The van der Waals surface area contributed by atoms with Crippen LogP contribution < -0.4 is 10.4 Å². The number of nitrogens with zero attached hydrogens (tertiary/aromatic N) is 2. The molecule has 144 valence electrons. The van der Waals surface area contributed by atoms with E-state index in [1.807, 2.05) is 6.92 Å². The summed E-state index contributed by atoms with van der Waals surface area (Å²) in [6.07, 6.45) is -2.54. The van der Waals surface area contributed by atoms with Gasteiger partial charge in [0, 0.05) is 18.8 Å². The number of rotatable bonds is 5. The van der Waals surface area contributed by atoms with Crippen LogP contribution in [0.25, 0.3) is 0 Å². The van der Waals surface area contributed by atoms with Crippen molar-refractivity contribution in [1.82, 2.24) is 10.1 Å². The number of carboxylic acid groups (broad SMARTS) is 1. The fourth-order valence-corrected chi connectivity index (χ4v) is 3.52. The summed E-state index contributed by atoms with van der Waals surface area (Å²) >= 11 is 0. The third kappa shape index (κ3) is 7.82. The number of piperidine rings is 1. The average molecular weight is 387 g/mol. The molecule has 1 aromatic heterocycles. The molecular weight excluding hydrogens is 367 g/mol. The second-order valence-electron chi connectivity index (χ2n) is 5.57. The molecule has 2 N–H and O–H groups in total. The van der Waals surface area contributed by atoms with Crippen LogP contribution in [0.2, 0.25) is 0 Å². The van der Waals surface area contributed by atoms with Crippen molar-refractivity contribution in [2.75, 3.05) is 18.8 Å². The Morgan fingerprint density at radius 1 is 1.36 bits per heavy atom. The number of hydrogen-bond acceptors (Lipinski definition) is 7. The van der Waals surface area contributed by atoms with Crippen LogP contribution in [0.3, 0.4) is 0 Å². The van der Waals surface area contributed by atoms with Gasteiger partial charge in [0.2, 0.25) is 5.89 Å². The maximum absolute atomic E-state index is 11.7. The molecule has 0 saturated carbocycles. The Balaban J connectivity index is 0.000000381. The number of alkyl halides is 3. The summed E-state index contributed by atoms with van der Waals surface area (Å²) in [5, 5.41) is 14.8. The summed E-state index contributed by atoms with van der Waals surface area (Å²) in [5.41, 5.74) is 0. The number of hydrogen-bond donors (Lipinski definition) is 1. The number of aromatic nitrogens is 2. The summed E-state index contributed by atoms with van der Waals surface area (Å²) in [6.45, 7) is 3.98. The third-order valence-corrected chi connectivity index (χ3v) is 5.10. The zero-order chi connectivity index (χ0) is 19.1. The Bertz CT molecular complexity index is 654. The highest BCUT2D eigenvalue weighted by Gasteiger charge is 2.28. The second kappa shape index (κ2) is 9.13. The molecule has 1 saturated heterocycles. The minimum Gasteiger partial charge on any atom is -0.542 e. The molecule has 0 unspecified atom stereocenters. The molecule has 8 nitrogen and oxygen atoms in total. The minimum absolute atomic E-state index is 0.108. The van der Waals surface area contributed by atoms with Crippen LogP contribution in [0.15, 0.2) is 4.52 Å². The van der Waals surface area contributed by atoms with Gasteiger partial charge in [0.15, 0.2) is 15.7 Å². The molecule has 0 bridgehead atoms. The summed E-state index contributed by atoms with van der Waals surface area (Å²) < 4.78 is 60.1. The molecule has 2 heterocycles. The molecule has 0 atom stereocenters. The smallest absolute Gasteiger partial charge is 0.430 e. The monoisotopic (exact) mass is 387 g/mol. The van der Waals surface area contributed by atoms with Crippen molar-refractivity contribution >= 4 is 15.8 Å². The lowest BCUT2D eigenvalue weighted by molar-refractivity contribution is -0.663. The van der Waals surface area contributed by atoms with Gasteiger partial charge in [-0.05, 0) is 6.42 Å². The third-order valence-electron chi connectivity index (χ3n) is 3.37. The van der Waals surface area contributed by atoms with E-state index in [0.29, 0.717) is 24.1 Å². The van der Waals surface area contributed by atoms with E-state index in [-0.39, 0.29) is 11.5 Å². The van der Waals surface area contributed by atoms with Gasteiger partial charge in [-0.2, -0.15) is 18.2 Å². The van der Waals surface area contributed by atoms with Crippen LogP contribution in [0.1, 0.15) is 43.8 Å². The molecule has 0 spiro atoms. The molecule has 0 radical (unpaired) electrons. The lowest BCUT2D eigenvalue weighted by atomic mass is 9.98. The van der Waals surface area contributed by atoms with Gasteiger partial charge in [0.25, 0.3) is 0 Å². The van der Waals surface area contributed by atoms with Crippen molar-refractivity contribution in [3.8, 4) is 0 Å². The molecule has 1 fully saturated rings. The highest BCUT2D eigenvalue weighted by Crippen LogP contribution is 2.22. The standard InChI is InChI=1S/C11H19N3O3S.C2HF3O2/c1-2-7-18(15,16)8-10-13-11(17-14-10)9-3-5-12-6-4-9;3-2(4,5)1(6)7/h9,12H,2-8H2,1H3;(H,6,7). The molecule has 1 aliphatic rings. The number of halogens is 3. The van der Waals surface area contributed by atoms with E-state index >= 15 is 0 Å². The topological polar surface area (TPSA) is 130 Å². The predicted octanol–water partition coefficient (Wildman–Crippen LogP) is -0.866. The van der Waals surface area contributed by atoms with Crippen LogP contribution in [-0.2, 0) is 20.4 Å². The second-order valence-corrected chi connectivity index (χ2v) is 7.75. The molecule has 1 aromatic rings. The van der Waals surface area contributed by atoms with Gasteiger partial charge in [0.1, 0.15) is 11.7 Å². The van der Waals surface area contributed by atoms with Gasteiger partial charge in [0.05, 0.1) is 18.8 Å². The highest BCUT2D eigenvalue weighted by molar-refractivity contribution is 7.90.